The number of halogens is 3. The second-order valence-corrected chi connectivity index (χ2v) is 3.88. The highest BCUT2D eigenvalue weighted by atomic mass is 19.4. The van der Waals surface area contributed by atoms with Crippen LogP contribution in [0, 0.1) is 11.3 Å². The lowest BCUT2D eigenvalue weighted by molar-refractivity contribution is -0.147. The minimum absolute atomic E-state index is 0.0229. The third kappa shape index (κ3) is 3.02. The van der Waals surface area contributed by atoms with Crippen LogP contribution in [-0.2, 0) is 21.1 Å². The van der Waals surface area contributed by atoms with E-state index < -0.39 is 23.1 Å². The predicted octanol–water partition coefficient (Wildman–Crippen LogP) is 2.44. The molecule has 0 aromatic carbocycles. The number of hydrogen-bond acceptors (Lipinski definition) is 4. The van der Waals surface area contributed by atoms with Crippen molar-refractivity contribution < 1.29 is 22.7 Å². The summed E-state index contributed by atoms with van der Waals surface area (Å²) in [6, 6.07) is 3.10. The molecule has 1 aromatic rings. The second-order valence-electron chi connectivity index (χ2n) is 3.88. The van der Waals surface area contributed by atoms with Gasteiger partial charge in [-0.25, -0.2) is 4.79 Å². The summed E-state index contributed by atoms with van der Waals surface area (Å²) in [6.45, 7) is 2.73. The Morgan fingerprint density at radius 1 is 1.53 bits per heavy atom. The number of pyridine rings is 1. The minimum Gasteiger partial charge on any atom is -0.465 e. The molecule has 1 unspecified atom stereocenters. The third-order valence-electron chi connectivity index (χ3n) is 2.51. The molecule has 0 aliphatic heterocycles. The molecule has 1 atom stereocenters. The molecule has 19 heavy (non-hydrogen) atoms. The van der Waals surface area contributed by atoms with E-state index in [1.165, 1.54) is 13.8 Å². The molecular weight excluding hydrogens is 261 g/mol. The fourth-order valence-corrected chi connectivity index (χ4v) is 1.36. The summed E-state index contributed by atoms with van der Waals surface area (Å²) in [5.74, 6) is -0.927. The molecule has 0 amide bonds. The van der Waals surface area contributed by atoms with Crippen LogP contribution in [0.25, 0.3) is 0 Å². The van der Waals surface area contributed by atoms with Crippen molar-refractivity contribution in [3.63, 3.8) is 0 Å². The van der Waals surface area contributed by atoms with E-state index in [-0.39, 0.29) is 12.3 Å². The van der Waals surface area contributed by atoms with Crippen molar-refractivity contribution in [2.24, 2.45) is 0 Å². The summed E-state index contributed by atoms with van der Waals surface area (Å²) in [5, 5.41) is 9.06. The van der Waals surface area contributed by atoms with Crippen LogP contribution in [0.3, 0.4) is 0 Å². The molecule has 0 aliphatic carbocycles. The molecule has 1 heterocycles. The van der Waals surface area contributed by atoms with E-state index in [2.05, 4.69) is 4.98 Å². The molecule has 0 bridgehead atoms. The van der Waals surface area contributed by atoms with Crippen molar-refractivity contribution in [2.75, 3.05) is 6.61 Å². The van der Waals surface area contributed by atoms with Crippen molar-refractivity contribution in [3.05, 3.63) is 29.6 Å². The Labute approximate surface area is 107 Å². The summed E-state index contributed by atoms with van der Waals surface area (Å²) >= 11 is 0. The van der Waals surface area contributed by atoms with Crippen LogP contribution in [0.2, 0.25) is 0 Å². The first-order valence-electron chi connectivity index (χ1n) is 5.38. The maximum atomic E-state index is 12.6. The van der Waals surface area contributed by atoms with Crippen LogP contribution in [-0.4, -0.2) is 17.6 Å². The monoisotopic (exact) mass is 272 g/mol. The van der Waals surface area contributed by atoms with Crippen molar-refractivity contribution in [3.8, 4) is 6.07 Å². The Bertz CT molecular complexity index is 522. The van der Waals surface area contributed by atoms with Gasteiger partial charge >= 0.3 is 12.1 Å². The largest absolute Gasteiger partial charge is 0.465 e. The standard InChI is InChI=1S/C12H11F3N2O2/c1-3-19-10(18)11(2,7-16)9-6-8(4-5-17-9)12(13,14)15/h4-6H,3H2,1-2H3. The molecule has 0 spiro atoms. The Morgan fingerprint density at radius 3 is 2.63 bits per heavy atom. The minimum atomic E-state index is -4.57. The predicted molar refractivity (Wildman–Crippen MR) is 58.8 cm³/mol. The molecule has 0 radical (unpaired) electrons. The number of nitriles is 1. The summed E-state index contributed by atoms with van der Waals surface area (Å²) in [5.41, 5.74) is -3.12. The first kappa shape index (κ1) is 15.0. The lowest BCUT2D eigenvalue weighted by atomic mass is 9.87. The van der Waals surface area contributed by atoms with Gasteiger partial charge in [-0.1, -0.05) is 0 Å². The molecule has 0 N–H and O–H groups in total. The Kier molecular flexibility index (Phi) is 4.14. The van der Waals surface area contributed by atoms with Gasteiger partial charge in [0.25, 0.3) is 0 Å². The van der Waals surface area contributed by atoms with Gasteiger partial charge < -0.3 is 4.74 Å². The van der Waals surface area contributed by atoms with E-state index in [1.54, 1.807) is 6.07 Å². The van der Waals surface area contributed by atoms with E-state index >= 15 is 0 Å². The number of rotatable bonds is 3. The highest BCUT2D eigenvalue weighted by Gasteiger charge is 2.40. The van der Waals surface area contributed by atoms with Crippen molar-refractivity contribution in [1.29, 1.82) is 5.26 Å². The lowest BCUT2D eigenvalue weighted by Crippen LogP contribution is -2.34. The molecule has 0 aliphatic rings. The van der Waals surface area contributed by atoms with E-state index in [0.717, 1.165) is 12.3 Å². The number of ether oxygens (including phenoxy) is 1. The fourth-order valence-electron chi connectivity index (χ4n) is 1.36. The van der Waals surface area contributed by atoms with Gasteiger partial charge in [-0.15, -0.1) is 0 Å². The lowest BCUT2D eigenvalue weighted by Gasteiger charge is -2.19. The van der Waals surface area contributed by atoms with Crippen molar-refractivity contribution in [2.45, 2.75) is 25.4 Å². The van der Waals surface area contributed by atoms with Gasteiger partial charge in [0.05, 0.1) is 23.9 Å². The molecule has 4 nitrogen and oxygen atoms in total. The Balaban J connectivity index is 3.28. The van der Waals surface area contributed by atoms with Crippen LogP contribution in [0.1, 0.15) is 25.1 Å². The van der Waals surface area contributed by atoms with Crippen LogP contribution in [0.5, 0.6) is 0 Å². The molecule has 0 fully saturated rings. The van der Waals surface area contributed by atoms with Crippen LogP contribution in [0.4, 0.5) is 13.2 Å². The maximum absolute atomic E-state index is 12.6. The number of esters is 1. The number of alkyl halides is 3. The first-order chi connectivity index (χ1) is 8.75. The molecular formula is C12H11F3N2O2. The number of nitrogens with zero attached hydrogens (tertiary/aromatic N) is 2. The topological polar surface area (TPSA) is 63.0 Å². The Hall–Kier alpha value is -2.10. The number of aromatic nitrogens is 1. The quantitative estimate of drug-likeness (QED) is 0.793. The van der Waals surface area contributed by atoms with E-state index in [0.29, 0.717) is 6.07 Å². The van der Waals surface area contributed by atoms with E-state index in [9.17, 15) is 18.0 Å². The number of carbonyl (C=O) groups excluding carboxylic acids is 1. The normalized spacial score (nSPS) is 14.3. The number of hydrogen-bond donors (Lipinski definition) is 0. The molecule has 1 rings (SSSR count). The first-order valence-corrected chi connectivity index (χ1v) is 5.38. The van der Waals surface area contributed by atoms with Crippen LogP contribution >= 0.6 is 0 Å². The average molecular weight is 272 g/mol. The van der Waals surface area contributed by atoms with E-state index in [4.69, 9.17) is 10.00 Å². The zero-order chi connectivity index (χ0) is 14.7. The summed E-state index contributed by atoms with van der Waals surface area (Å²) in [6.07, 6.45) is -3.66. The van der Waals surface area contributed by atoms with Gasteiger partial charge in [0, 0.05) is 6.20 Å². The van der Waals surface area contributed by atoms with Gasteiger partial charge in [-0.05, 0) is 26.0 Å². The van der Waals surface area contributed by atoms with Gasteiger partial charge in [0.2, 0.25) is 0 Å². The summed E-state index contributed by atoms with van der Waals surface area (Å²) in [7, 11) is 0. The highest BCUT2D eigenvalue weighted by Crippen LogP contribution is 2.32. The molecule has 0 saturated heterocycles. The van der Waals surface area contributed by atoms with Gasteiger partial charge in [-0.2, -0.15) is 18.4 Å². The maximum Gasteiger partial charge on any atom is 0.416 e. The third-order valence-corrected chi connectivity index (χ3v) is 2.51. The van der Waals surface area contributed by atoms with Crippen molar-refractivity contribution in [1.82, 2.24) is 4.98 Å². The average Bonchev–Trinajstić information content (AvgIpc) is 2.37. The van der Waals surface area contributed by atoms with E-state index in [1.807, 2.05) is 0 Å². The molecule has 1 aromatic heterocycles. The SMILES string of the molecule is CCOC(=O)C(C)(C#N)c1cc(C(F)(F)F)ccn1. The van der Waals surface area contributed by atoms with Gasteiger partial charge in [0.15, 0.2) is 5.41 Å². The van der Waals surface area contributed by atoms with Crippen LogP contribution in [0.15, 0.2) is 18.3 Å². The summed E-state index contributed by atoms with van der Waals surface area (Å²) in [4.78, 5) is 15.4. The van der Waals surface area contributed by atoms with Crippen molar-refractivity contribution >= 4 is 5.97 Å². The zero-order valence-corrected chi connectivity index (χ0v) is 10.3. The fraction of sp³-hybridized carbons (Fsp3) is 0.417. The Morgan fingerprint density at radius 2 is 2.16 bits per heavy atom. The summed E-state index contributed by atoms with van der Waals surface area (Å²) < 4.78 is 42.4. The second kappa shape index (κ2) is 5.26. The van der Waals surface area contributed by atoms with Crippen LogP contribution < -0.4 is 0 Å². The highest BCUT2D eigenvalue weighted by molar-refractivity contribution is 5.85. The van der Waals surface area contributed by atoms with Gasteiger partial charge in [-0.3, -0.25) is 4.98 Å². The zero-order valence-electron chi connectivity index (χ0n) is 10.3. The number of carbonyl (C=O) groups is 1. The smallest absolute Gasteiger partial charge is 0.416 e. The van der Waals surface area contributed by atoms with Gasteiger partial charge in [0.1, 0.15) is 0 Å². The molecule has 0 saturated carbocycles. The molecule has 102 valence electrons. The molecule has 7 heteroatoms.